The number of amides is 1. The van der Waals surface area contributed by atoms with Crippen LogP contribution in [0.15, 0.2) is 10.9 Å². The number of carbonyl (C=O) groups excluding carboxylic acids is 1. The molecule has 28 heavy (non-hydrogen) atoms. The van der Waals surface area contributed by atoms with E-state index in [1.54, 1.807) is 4.57 Å². The first-order chi connectivity index (χ1) is 13.0. The number of nitrogens with one attached hydrogen (secondary N) is 1. The lowest BCUT2D eigenvalue weighted by atomic mass is 9.96. The predicted molar refractivity (Wildman–Crippen MR) is 109 cm³/mol. The highest BCUT2D eigenvalue weighted by Crippen LogP contribution is 2.29. The Morgan fingerprint density at radius 2 is 2.04 bits per heavy atom. The first kappa shape index (κ1) is 20.0. The van der Waals surface area contributed by atoms with Crippen LogP contribution in [0.5, 0.6) is 5.88 Å². The summed E-state index contributed by atoms with van der Waals surface area (Å²) in [7, 11) is 0. The maximum atomic E-state index is 13.0. The van der Waals surface area contributed by atoms with Gasteiger partial charge < -0.3 is 16.2 Å². The lowest BCUT2D eigenvalue weighted by Gasteiger charge is -2.23. The Balaban J connectivity index is 2.30. The maximum Gasteiger partial charge on any atom is 0.291 e. The van der Waals surface area contributed by atoms with Crippen LogP contribution in [0.25, 0.3) is 11.7 Å². The van der Waals surface area contributed by atoms with Gasteiger partial charge in [0.05, 0.1) is 5.56 Å². The molecule has 0 spiro atoms. The molecule has 8 heteroatoms. The van der Waals surface area contributed by atoms with Gasteiger partial charge in [-0.15, -0.1) is 5.10 Å². The van der Waals surface area contributed by atoms with E-state index >= 15 is 0 Å². The molecule has 3 rings (SSSR count). The fourth-order valence-electron chi connectivity index (χ4n) is 3.03. The van der Waals surface area contributed by atoms with Gasteiger partial charge >= 0.3 is 0 Å². The van der Waals surface area contributed by atoms with Crippen molar-refractivity contribution in [3.63, 3.8) is 0 Å². The van der Waals surface area contributed by atoms with Crippen molar-refractivity contribution >= 4 is 23.4 Å². The van der Waals surface area contributed by atoms with Gasteiger partial charge in [0, 0.05) is 12.6 Å². The monoisotopic (exact) mass is 387 g/mol. The number of carbonyl (C=O) groups is 1. The fraction of sp³-hybridized carbons (Fsp3) is 0.550. The molecule has 8 nitrogen and oxygen atoms in total. The molecule has 1 amide bonds. The number of nitrogens with two attached hydrogens (primary N) is 1. The van der Waals surface area contributed by atoms with Gasteiger partial charge in [0.15, 0.2) is 17.0 Å². The zero-order valence-electron chi connectivity index (χ0n) is 17.1. The summed E-state index contributed by atoms with van der Waals surface area (Å²) in [6, 6.07) is 0.0605. The van der Waals surface area contributed by atoms with Gasteiger partial charge in [-0.3, -0.25) is 14.2 Å². The summed E-state index contributed by atoms with van der Waals surface area (Å²) in [5, 5.41) is 17.9. The van der Waals surface area contributed by atoms with Gasteiger partial charge in [-0.1, -0.05) is 46.8 Å². The van der Waals surface area contributed by atoms with Crippen molar-refractivity contribution in [2.75, 3.05) is 5.73 Å². The molecule has 2 heterocycles. The van der Waals surface area contributed by atoms with Gasteiger partial charge in [0.1, 0.15) is 0 Å². The van der Waals surface area contributed by atoms with Crippen LogP contribution in [0.2, 0.25) is 0 Å². The minimum absolute atomic E-state index is 0.0605. The second-order valence-electron chi connectivity index (χ2n) is 9.04. The number of nitrogens with zero attached hydrogens (tertiary/aromatic N) is 3. The van der Waals surface area contributed by atoms with E-state index in [-0.39, 0.29) is 34.6 Å². The van der Waals surface area contributed by atoms with E-state index in [1.807, 2.05) is 46.8 Å². The highest BCUT2D eigenvalue weighted by molar-refractivity contribution is 5.97. The molecule has 1 aliphatic rings. The van der Waals surface area contributed by atoms with E-state index in [2.05, 4.69) is 10.4 Å². The van der Waals surface area contributed by atoms with Gasteiger partial charge in [-0.25, -0.2) is 0 Å². The Hall–Kier alpha value is -2.77. The molecule has 0 aromatic carbocycles. The second kappa shape index (κ2) is 7.00. The molecule has 1 aliphatic carbocycles. The van der Waals surface area contributed by atoms with Crippen LogP contribution in [-0.2, 0) is 6.54 Å². The summed E-state index contributed by atoms with van der Waals surface area (Å²) in [5.74, 6) is -0.488. The molecule has 0 unspecified atom stereocenters. The summed E-state index contributed by atoms with van der Waals surface area (Å²) >= 11 is 0. The second-order valence-corrected chi connectivity index (χ2v) is 9.04. The molecule has 0 atom stereocenters. The number of fused-ring (bicyclic) bond motifs is 1. The predicted octanol–water partition coefficient (Wildman–Crippen LogP) is 2.39. The highest BCUT2D eigenvalue weighted by Gasteiger charge is 2.31. The Kier molecular flexibility index (Phi) is 4.99. The molecular formula is C20H29N5O3. The minimum Gasteiger partial charge on any atom is -0.494 e. The fourth-order valence-corrected chi connectivity index (χ4v) is 3.03. The van der Waals surface area contributed by atoms with E-state index < -0.39 is 11.5 Å². The third-order valence-electron chi connectivity index (χ3n) is 4.49. The van der Waals surface area contributed by atoms with E-state index in [1.165, 1.54) is 0 Å². The molecule has 0 bridgehead atoms. The largest absolute Gasteiger partial charge is 0.494 e. The topological polar surface area (TPSA) is 115 Å². The summed E-state index contributed by atoms with van der Waals surface area (Å²) in [6.45, 7) is 10.5. The average Bonchev–Trinajstić information content (AvgIpc) is 3.30. The van der Waals surface area contributed by atoms with E-state index in [0.29, 0.717) is 17.8 Å². The van der Waals surface area contributed by atoms with Crippen molar-refractivity contribution in [3.8, 4) is 5.88 Å². The number of rotatable bonds is 5. The van der Waals surface area contributed by atoms with Crippen LogP contribution in [0.3, 0.4) is 0 Å². The number of allylic oxidation sites excluding steroid dienone is 1. The van der Waals surface area contributed by atoms with E-state index in [9.17, 15) is 14.7 Å². The first-order valence-electron chi connectivity index (χ1n) is 9.62. The Bertz CT molecular complexity index is 1000. The van der Waals surface area contributed by atoms with Crippen LogP contribution >= 0.6 is 0 Å². The van der Waals surface area contributed by atoms with Crippen molar-refractivity contribution in [2.24, 2.45) is 11.3 Å². The van der Waals surface area contributed by atoms with E-state index in [0.717, 1.165) is 17.4 Å². The Morgan fingerprint density at radius 3 is 2.57 bits per heavy atom. The normalized spacial score (nSPS) is 15.1. The SMILES string of the molecule is CC(C)/C=C/c1c(N)nn2c(=O)c(C(=O)NC3CC3)c(O)n(CC(C)(C)C)c12. The number of anilines is 1. The summed E-state index contributed by atoms with van der Waals surface area (Å²) in [5.41, 5.74) is 5.83. The molecule has 1 saturated carbocycles. The molecular weight excluding hydrogens is 358 g/mol. The van der Waals surface area contributed by atoms with E-state index in [4.69, 9.17) is 5.73 Å². The van der Waals surface area contributed by atoms with Gasteiger partial charge in [0.25, 0.3) is 11.5 Å². The number of aromatic hydroxyl groups is 1. The summed E-state index contributed by atoms with van der Waals surface area (Å²) in [4.78, 5) is 25.6. The standard InChI is InChI=1S/C20H29N5O3/c1-11(2)6-9-13-15(21)23-25-17(13)24(10-20(3,4)5)18(27)14(19(25)28)16(26)22-12-7-8-12/h6,9,11-12,27H,7-8,10H2,1-5H3,(H2,21,23)(H,22,26)/b9-6+. The van der Waals surface area contributed by atoms with Crippen LogP contribution < -0.4 is 16.6 Å². The van der Waals surface area contributed by atoms with Crippen molar-refractivity contribution in [1.29, 1.82) is 0 Å². The quantitative estimate of drug-likeness (QED) is 0.729. The lowest BCUT2D eigenvalue weighted by molar-refractivity contribution is 0.0944. The van der Waals surface area contributed by atoms with Crippen molar-refractivity contribution in [2.45, 2.75) is 60.0 Å². The third-order valence-corrected chi connectivity index (χ3v) is 4.49. The van der Waals surface area contributed by atoms with Crippen molar-refractivity contribution < 1.29 is 9.90 Å². The van der Waals surface area contributed by atoms with Gasteiger partial charge in [-0.05, 0) is 24.2 Å². The van der Waals surface area contributed by atoms with Gasteiger partial charge in [0.2, 0.25) is 5.88 Å². The van der Waals surface area contributed by atoms with Crippen molar-refractivity contribution in [1.82, 2.24) is 19.5 Å². The Morgan fingerprint density at radius 1 is 1.39 bits per heavy atom. The zero-order valence-corrected chi connectivity index (χ0v) is 17.1. The average molecular weight is 387 g/mol. The number of nitrogen functional groups attached to an aromatic ring is 1. The molecule has 2 aromatic rings. The maximum absolute atomic E-state index is 13.0. The molecule has 0 radical (unpaired) electrons. The number of aromatic nitrogens is 3. The summed E-state index contributed by atoms with van der Waals surface area (Å²) < 4.78 is 2.69. The molecule has 0 aliphatic heterocycles. The van der Waals surface area contributed by atoms with Crippen LogP contribution in [-0.4, -0.2) is 31.2 Å². The minimum atomic E-state index is -0.674. The Labute approximate surface area is 164 Å². The van der Waals surface area contributed by atoms with Gasteiger partial charge in [-0.2, -0.15) is 4.52 Å². The molecule has 1 fully saturated rings. The number of hydrogen-bond donors (Lipinski definition) is 3. The molecule has 4 N–H and O–H groups in total. The smallest absolute Gasteiger partial charge is 0.291 e. The van der Waals surface area contributed by atoms with Crippen LogP contribution in [0, 0.1) is 11.3 Å². The zero-order chi connectivity index (χ0) is 20.8. The molecule has 2 aromatic heterocycles. The lowest BCUT2D eigenvalue weighted by Crippen LogP contribution is -2.35. The third kappa shape index (κ3) is 3.90. The first-order valence-corrected chi connectivity index (χ1v) is 9.62. The summed E-state index contributed by atoms with van der Waals surface area (Å²) in [6.07, 6.45) is 5.52. The van der Waals surface area contributed by atoms with Crippen LogP contribution in [0.4, 0.5) is 5.82 Å². The molecule has 0 saturated heterocycles. The highest BCUT2D eigenvalue weighted by atomic mass is 16.3. The van der Waals surface area contributed by atoms with Crippen LogP contribution in [0.1, 0.15) is 63.4 Å². The number of hydrogen-bond acceptors (Lipinski definition) is 5. The molecule has 152 valence electrons. The van der Waals surface area contributed by atoms with Crippen molar-refractivity contribution in [3.05, 3.63) is 27.6 Å².